The first-order valence-corrected chi connectivity index (χ1v) is 6.98. The number of benzene rings is 2. The Bertz CT molecular complexity index is 768. The standard InChI is InChI=1S/C14H9ClN2O2S/c15-10-6-5-8(18)7-9(10)13(19)17-14-16-11-3-1-2-4-12(11)20-14/h1-7,18H,(H,16,17,19). The molecule has 0 aliphatic carbocycles. The van der Waals surface area contributed by atoms with Gasteiger partial charge in [0.15, 0.2) is 5.13 Å². The average Bonchev–Trinajstić information content (AvgIpc) is 2.83. The molecule has 3 aromatic rings. The van der Waals surface area contributed by atoms with Crippen molar-refractivity contribution in [1.82, 2.24) is 4.98 Å². The summed E-state index contributed by atoms with van der Waals surface area (Å²) in [5.74, 6) is -0.409. The van der Waals surface area contributed by atoms with Crippen LogP contribution in [0.4, 0.5) is 5.13 Å². The number of rotatable bonds is 2. The highest BCUT2D eigenvalue weighted by Crippen LogP contribution is 2.27. The summed E-state index contributed by atoms with van der Waals surface area (Å²) in [5, 5.41) is 12.9. The number of phenolic OH excluding ortho intramolecular Hbond substituents is 1. The topological polar surface area (TPSA) is 62.2 Å². The van der Waals surface area contributed by atoms with Gasteiger partial charge in [-0.25, -0.2) is 4.98 Å². The van der Waals surface area contributed by atoms with E-state index in [0.717, 1.165) is 10.2 Å². The van der Waals surface area contributed by atoms with E-state index in [1.54, 1.807) is 0 Å². The van der Waals surface area contributed by atoms with E-state index in [-0.39, 0.29) is 16.3 Å². The molecule has 0 spiro atoms. The molecular formula is C14H9ClN2O2S. The largest absolute Gasteiger partial charge is 0.508 e. The Morgan fingerprint density at radius 1 is 1.25 bits per heavy atom. The Hall–Kier alpha value is -2.11. The average molecular weight is 305 g/mol. The Balaban J connectivity index is 1.90. The molecule has 1 heterocycles. The van der Waals surface area contributed by atoms with Gasteiger partial charge in [0.2, 0.25) is 0 Å². The molecule has 100 valence electrons. The number of hydrogen-bond donors (Lipinski definition) is 2. The van der Waals surface area contributed by atoms with Crippen LogP contribution < -0.4 is 5.32 Å². The lowest BCUT2D eigenvalue weighted by Gasteiger charge is -2.04. The van der Waals surface area contributed by atoms with Crippen LogP contribution in [0.3, 0.4) is 0 Å². The number of aromatic hydroxyl groups is 1. The molecule has 0 unspecified atom stereocenters. The van der Waals surface area contributed by atoms with E-state index in [2.05, 4.69) is 10.3 Å². The Morgan fingerprint density at radius 2 is 2.05 bits per heavy atom. The van der Waals surface area contributed by atoms with Crippen molar-refractivity contribution in [2.45, 2.75) is 0 Å². The zero-order valence-electron chi connectivity index (χ0n) is 10.1. The van der Waals surface area contributed by atoms with Crippen molar-refractivity contribution in [1.29, 1.82) is 0 Å². The van der Waals surface area contributed by atoms with E-state index in [0.29, 0.717) is 5.13 Å². The molecule has 1 amide bonds. The van der Waals surface area contributed by atoms with Gasteiger partial charge in [-0.15, -0.1) is 0 Å². The zero-order chi connectivity index (χ0) is 14.1. The number of carbonyl (C=O) groups is 1. The highest BCUT2D eigenvalue weighted by molar-refractivity contribution is 7.22. The third-order valence-corrected chi connectivity index (χ3v) is 3.99. The number of nitrogens with one attached hydrogen (secondary N) is 1. The molecule has 0 radical (unpaired) electrons. The zero-order valence-corrected chi connectivity index (χ0v) is 11.7. The normalized spacial score (nSPS) is 10.7. The van der Waals surface area contributed by atoms with Crippen LogP contribution in [0.5, 0.6) is 5.75 Å². The molecule has 20 heavy (non-hydrogen) atoms. The summed E-state index contributed by atoms with van der Waals surface area (Å²) in [6.45, 7) is 0. The summed E-state index contributed by atoms with van der Waals surface area (Å²) in [6.07, 6.45) is 0. The first-order valence-electron chi connectivity index (χ1n) is 5.79. The van der Waals surface area contributed by atoms with Gasteiger partial charge in [0, 0.05) is 0 Å². The van der Waals surface area contributed by atoms with Crippen molar-refractivity contribution in [2.75, 3.05) is 5.32 Å². The lowest BCUT2D eigenvalue weighted by atomic mass is 10.2. The van der Waals surface area contributed by atoms with Gasteiger partial charge in [-0.05, 0) is 30.3 Å². The molecular weight excluding hydrogens is 296 g/mol. The fourth-order valence-corrected chi connectivity index (χ4v) is 2.84. The number of hydrogen-bond acceptors (Lipinski definition) is 4. The number of amides is 1. The predicted molar refractivity (Wildman–Crippen MR) is 80.7 cm³/mol. The van der Waals surface area contributed by atoms with Crippen molar-refractivity contribution in [3.8, 4) is 5.75 Å². The number of nitrogens with zero attached hydrogens (tertiary/aromatic N) is 1. The van der Waals surface area contributed by atoms with Gasteiger partial charge in [-0.2, -0.15) is 0 Å². The van der Waals surface area contributed by atoms with Gasteiger partial charge in [0.1, 0.15) is 5.75 Å². The van der Waals surface area contributed by atoms with Gasteiger partial charge in [0.05, 0.1) is 20.8 Å². The number of carbonyl (C=O) groups excluding carboxylic acids is 1. The number of aromatic nitrogens is 1. The summed E-state index contributed by atoms with van der Waals surface area (Å²) in [4.78, 5) is 16.4. The van der Waals surface area contributed by atoms with Gasteiger partial charge in [0.25, 0.3) is 5.91 Å². The maximum Gasteiger partial charge on any atom is 0.259 e. The lowest BCUT2D eigenvalue weighted by Crippen LogP contribution is -2.12. The molecule has 0 saturated heterocycles. The first-order chi connectivity index (χ1) is 9.63. The van der Waals surface area contributed by atoms with Crippen LogP contribution in [0, 0.1) is 0 Å². The summed E-state index contributed by atoms with van der Waals surface area (Å²) < 4.78 is 0.991. The van der Waals surface area contributed by atoms with E-state index in [1.165, 1.54) is 29.5 Å². The van der Waals surface area contributed by atoms with E-state index >= 15 is 0 Å². The smallest absolute Gasteiger partial charge is 0.259 e. The molecule has 6 heteroatoms. The van der Waals surface area contributed by atoms with Crippen LogP contribution in [0.15, 0.2) is 42.5 Å². The minimum atomic E-state index is -0.398. The maximum absolute atomic E-state index is 12.1. The molecule has 0 bridgehead atoms. The van der Waals surface area contributed by atoms with Crippen molar-refractivity contribution in [3.63, 3.8) is 0 Å². The fraction of sp³-hybridized carbons (Fsp3) is 0. The highest BCUT2D eigenvalue weighted by atomic mass is 35.5. The Kier molecular flexibility index (Phi) is 3.30. The second-order valence-electron chi connectivity index (χ2n) is 4.11. The summed E-state index contributed by atoms with van der Waals surface area (Å²) in [7, 11) is 0. The molecule has 3 rings (SSSR count). The van der Waals surface area contributed by atoms with Crippen LogP contribution in [-0.4, -0.2) is 16.0 Å². The lowest BCUT2D eigenvalue weighted by molar-refractivity contribution is 0.102. The van der Waals surface area contributed by atoms with Crippen molar-refractivity contribution in [2.24, 2.45) is 0 Å². The van der Waals surface area contributed by atoms with E-state index in [1.807, 2.05) is 24.3 Å². The number of thiazole rings is 1. The minimum absolute atomic E-state index is 0.0103. The molecule has 0 fully saturated rings. The van der Waals surface area contributed by atoms with Gasteiger partial charge < -0.3 is 5.11 Å². The summed E-state index contributed by atoms with van der Waals surface area (Å²) in [5.41, 5.74) is 1.04. The second-order valence-corrected chi connectivity index (χ2v) is 5.54. The number of phenols is 1. The van der Waals surface area contributed by atoms with Crippen LogP contribution >= 0.6 is 22.9 Å². The van der Waals surface area contributed by atoms with Crippen molar-refractivity contribution >= 4 is 44.2 Å². The fourth-order valence-electron chi connectivity index (χ4n) is 1.78. The summed E-state index contributed by atoms with van der Waals surface area (Å²) >= 11 is 7.33. The molecule has 0 aliphatic heterocycles. The SMILES string of the molecule is O=C(Nc1nc2ccccc2s1)c1cc(O)ccc1Cl. The highest BCUT2D eigenvalue weighted by Gasteiger charge is 2.13. The van der Waals surface area contributed by atoms with E-state index in [9.17, 15) is 9.90 Å². The monoisotopic (exact) mass is 304 g/mol. The number of fused-ring (bicyclic) bond motifs is 1. The van der Waals surface area contributed by atoms with E-state index < -0.39 is 5.91 Å². The quantitative estimate of drug-likeness (QED) is 0.754. The molecule has 2 N–H and O–H groups in total. The Labute approximate surface area is 123 Å². The van der Waals surface area contributed by atoms with Crippen LogP contribution in [-0.2, 0) is 0 Å². The van der Waals surface area contributed by atoms with Crippen molar-refractivity contribution < 1.29 is 9.90 Å². The molecule has 0 atom stereocenters. The predicted octanol–water partition coefficient (Wildman–Crippen LogP) is 3.91. The van der Waals surface area contributed by atoms with Gasteiger partial charge in [-0.1, -0.05) is 35.1 Å². The molecule has 4 nitrogen and oxygen atoms in total. The van der Waals surface area contributed by atoms with E-state index in [4.69, 9.17) is 11.6 Å². The molecule has 0 saturated carbocycles. The molecule has 1 aromatic heterocycles. The van der Waals surface area contributed by atoms with Crippen LogP contribution in [0.25, 0.3) is 10.2 Å². The number of para-hydroxylation sites is 1. The van der Waals surface area contributed by atoms with Crippen LogP contribution in [0.2, 0.25) is 5.02 Å². The third-order valence-electron chi connectivity index (χ3n) is 2.71. The van der Waals surface area contributed by atoms with Gasteiger partial charge >= 0.3 is 0 Å². The minimum Gasteiger partial charge on any atom is -0.508 e. The number of anilines is 1. The van der Waals surface area contributed by atoms with Crippen LogP contribution in [0.1, 0.15) is 10.4 Å². The molecule has 2 aromatic carbocycles. The second kappa shape index (κ2) is 5.11. The maximum atomic E-state index is 12.1. The molecule has 0 aliphatic rings. The van der Waals surface area contributed by atoms with Crippen molar-refractivity contribution in [3.05, 3.63) is 53.1 Å². The Morgan fingerprint density at radius 3 is 2.85 bits per heavy atom. The summed E-state index contributed by atoms with van der Waals surface area (Å²) in [6, 6.07) is 11.8. The third kappa shape index (κ3) is 2.45. The first kappa shape index (κ1) is 12.9. The number of halogens is 1. The van der Waals surface area contributed by atoms with Gasteiger partial charge in [-0.3, -0.25) is 10.1 Å².